The van der Waals surface area contributed by atoms with E-state index in [0.29, 0.717) is 31.9 Å². The van der Waals surface area contributed by atoms with Crippen molar-refractivity contribution < 1.29 is 18.0 Å². The van der Waals surface area contributed by atoms with Crippen LogP contribution < -0.4 is 10.5 Å². The minimum absolute atomic E-state index is 0.0648. The first-order chi connectivity index (χ1) is 11.9. The van der Waals surface area contributed by atoms with Crippen LogP contribution in [0.15, 0.2) is 47.4 Å². The van der Waals surface area contributed by atoms with Gasteiger partial charge < -0.3 is 14.8 Å². The lowest BCUT2D eigenvalue weighted by atomic mass is 10.1. The van der Waals surface area contributed by atoms with Gasteiger partial charge in [-0.25, -0.2) is 0 Å². The average Bonchev–Trinajstić information content (AvgIpc) is 2.61. The molecule has 1 aromatic carbocycles. The number of amides is 1. The number of aromatic nitrogens is 1. The predicted molar refractivity (Wildman–Crippen MR) is 86.6 cm³/mol. The Morgan fingerprint density at radius 3 is 2.40 bits per heavy atom. The number of piperazine rings is 1. The second kappa shape index (κ2) is 6.62. The van der Waals surface area contributed by atoms with E-state index >= 15 is 0 Å². The molecule has 0 atom stereocenters. The molecule has 0 spiro atoms. The summed E-state index contributed by atoms with van der Waals surface area (Å²) in [6.45, 7) is 1.47. The summed E-state index contributed by atoms with van der Waals surface area (Å²) in [7, 11) is 0. The van der Waals surface area contributed by atoms with Crippen molar-refractivity contribution in [2.24, 2.45) is 0 Å². The number of H-pyrrole nitrogens is 1. The van der Waals surface area contributed by atoms with E-state index in [0.717, 1.165) is 12.1 Å². The van der Waals surface area contributed by atoms with Crippen LogP contribution in [0.4, 0.5) is 18.9 Å². The molecule has 0 saturated carbocycles. The number of nitrogens with one attached hydrogen (secondary N) is 1. The smallest absolute Gasteiger partial charge is 0.368 e. The average molecular weight is 351 g/mol. The number of nitrogens with zero attached hydrogens (tertiary/aromatic N) is 2. The SMILES string of the molecule is O=C(c1ccc[nH]c1=O)N1CCN(c2cccc(C(F)(F)F)c2)CC1. The van der Waals surface area contributed by atoms with Crippen molar-refractivity contribution in [3.8, 4) is 0 Å². The highest BCUT2D eigenvalue weighted by atomic mass is 19.4. The Kier molecular flexibility index (Phi) is 4.52. The van der Waals surface area contributed by atoms with Crippen LogP contribution >= 0.6 is 0 Å². The Morgan fingerprint density at radius 2 is 1.76 bits per heavy atom. The van der Waals surface area contributed by atoms with Crippen molar-refractivity contribution in [3.63, 3.8) is 0 Å². The zero-order valence-corrected chi connectivity index (χ0v) is 13.2. The van der Waals surface area contributed by atoms with Crippen molar-refractivity contribution in [2.75, 3.05) is 31.1 Å². The molecule has 0 radical (unpaired) electrons. The van der Waals surface area contributed by atoms with Crippen LogP contribution in [0.25, 0.3) is 0 Å². The van der Waals surface area contributed by atoms with Gasteiger partial charge in [-0.1, -0.05) is 6.07 Å². The standard InChI is InChI=1S/C17H16F3N3O2/c18-17(19,20)12-3-1-4-13(11-12)22-7-9-23(10-8-22)16(25)14-5-2-6-21-15(14)24/h1-6,11H,7-10H2,(H,21,24). The third-order valence-electron chi connectivity index (χ3n) is 4.15. The molecule has 0 aliphatic carbocycles. The number of rotatable bonds is 2. The van der Waals surface area contributed by atoms with Gasteiger partial charge in [-0.3, -0.25) is 9.59 Å². The van der Waals surface area contributed by atoms with Crippen LogP contribution in [0.3, 0.4) is 0 Å². The molecule has 0 unspecified atom stereocenters. The van der Waals surface area contributed by atoms with Crippen LogP contribution in [0, 0.1) is 0 Å². The first-order valence-electron chi connectivity index (χ1n) is 7.75. The van der Waals surface area contributed by atoms with E-state index in [-0.39, 0.29) is 11.5 Å². The molecule has 1 aliphatic heterocycles. The summed E-state index contributed by atoms with van der Waals surface area (Å²) in [5.41, 5.74) is -0.610. The quantitative estimate of drug-likeness (QED) is 0.904. The maximum atomic E-state index is 12.8. The second-order valence-electron chi connectivity index (χ2n) is 5.74. The minimum Gasteiger partial charge on any atom is -0.368 e. The first-order valence-corrected chi connectivity index (χ1v) is 7.75. The van der Waals surface area contributed by atoms with Crippen molar-refractivity contribution >= 4 is 11.6 Å². The van der Waals surface area contributed by atoms with E-state index < -0.39 is 17.3 Å². The normalized spacial score (nSPS) is 15.3. The summed E-state index contributed by atoms with van der Waals surface area (Å²) in [6.07, 6.45) is -2.94. The number of alkyl halides is 3. The number of aromatic amines is 1. The highest BCUT2D eigenvalue weighted by molar-refractivity contribution is 5.94. The molecule has 3 rings (SSSR count). The lowest BCUT2D eigenvalue weighted by Gasteiger charge is -2.36. The Morgan fingerprint density at radius 1 is 1.04 bits per heavy atom. The van der Waals surface area contributed by atoms with Gasteiger partial charge in [-0.15, -0.1) is 0 Å². The summed E-state index contributed by atoms with van der Waals surface area (Å²) in [5.74, 6) is -0.370. The Bertz CT molecular complexity index is 824. The van der Waals surface area contributed by atoms with Gasteiger partial charge in [0.2, 0.25) is 0 Å². The maximum Gasteiger partial charge on any atom is 0.416 e. The topological polar surface area (TPSA) is 56.4 Å². The predicted octanol–water partition coefficient (Wildman–Crippen LogP) is 2.36. The molecule has 8 heteroatoms. The summed E-state index contributed by atoms with van der Waals surface area (Å²) >= 11 is 0. The molecular weight excluding hydrogens is 335 g/mol. The van der Waals surface area contributed by atoms with Crippen molar-refractivity contribution in [2.45, 2.75) is 6.18 Å². The highest BCUT2D eigenvalue weighted by Crippen LogP contribution is 2.31. The number of halogens is 3. The first kappa shape index (κ1) is 17.1. The third kappa shape index (κ3) is 3.67. The Balaban J connectivity index is 1.69. The molecule has 1 aromatic heterocycles. The molecule has 1 amide bonds. The Labute approximate surface area is 141 Å². The number of anilines is 1. The molecular formula is C17H16F3N3O2. The summed E-state index contributed by atoms with van der Waals surface area (Å²) in [4.78, 5) is 29.9. The van der Waals surface area contributed by atoms with Crippen LogP contribution in [0.5, 0.6) is 0 Å². The third-order valence-corrected chi connectivity index (χ3v) is 4.15. The van der Waals surface area contributed by atoms with Crippen LogP contribution in [-0.4, -0.2) is 42.0 Å². The van der Waals surface area contributed by atoms with Gasteiger partial charge in [-0.05, 0) is 30.3 Å². The number of pyridine rings is 1. The number of hydrogen-bond acceptors (Lipinski definition) is 3. The Hall–Kier alpha value is -2.77. The molecule has 132 valence electrons. The van der Waals surface area contributed by atoms with Gasteiger partial charge in [-0.2, -0.15) is 13.2 Å². The van der Waals surface area contributed by atoms with Crippen molar-refractivity contribution in [1.82, 2.24) is 9.88 Å². The zero-order valence-electron chi connectivity index (χ0n) is 13.2. The maximum absolute atomic E-state index is 12.8. The molecule has 5 nitrogen and oxygen atoms in total. The fraction of sp³-hybridized carbons (Fsp3) is 0.294. The number of benzene rings is 1. The van der Waals surface area contributed by atoms with E-state index in [2.05, 4.69) is 4.98 Å². The van der Waals surface area contributed by atoms with Crippen LogP contribution in [-0.2, 0) is 6.18 Å². The highest BCUT2D eigenvalue weighted by Gasteiger charge is 2.31. The fourth-order valence-electron chi connectivity index (χ4n) is 2.81. The molecule has 1 fully saturated rings. The molecule has 2 heterocycles. The van der Waals surface area contributed by atoms with Gasteiger partial charge in [0.15, 0.2) is 0 Å². The van der Waals surface area contributed by atoms with Crippen molar-refractivity contribution in [3.05, 3.63) is 64.1 Å². The van der Waals surface area contributed by atoms with Crippen molar-refractivity contribution in [1.29, 1.82) is 0 Å². The summed E-state index contributed by atoms with van der Waals surface area (Å²) in [6, 6.07) is 8.17. The van der Waals surface area contributed by atoms with E-state index in [4.69, 9.17) is 0 Å². The molecule has 0 bridgehead atoms. The van der Waals surface area contributed by atoms with Gasteiger partial charge in [0.05, 0.1) is 5.56 Å². The van der Waals surface area contributed by atoms with E-state index in [1.54, 1.807) is 17.0 Å². The lowest BCUT2D eigenvalue weighted by molar-refractivity contribution is -0.137. The fourth-order valence-corrected chi connectivity index (χ4v) is 2.81. The van der Waals surface area contributed by atoms with Crippen LogP contribution in [0.2, 0.25) is 0 Å². The van der Waals surface area contributed by atoms with E-state index in [1.165, 1.54) is 23.2 Å². The number of carbonyl (C=O) groups is 1. The number of carbonyl (C=O) groups excluding carboxylic acids is 1. The minimum atomic E-state index is -4.39. The molecule has 1 N–H and O–H groups in total. The zero-order chi connectivity index (χ0) is 18.0. The molecule has 2 aromatic rings. The largest absolute Gasteiger partial charge is 0.416 e. The van der Waals surface area contributed by atoms with Gasteiger partial charge in [0.25, 0.3) is 11.5 Å². The van der Waals surface area contributed by atoms with Gasteiger partial charge in [0, 0.05) is 38.1 Å². The molecule has 1 aliphatic rings. The summed E-state index contributed by atoms with van der Waals surface area (Å²) < 4.78 is 38.5. The van der Waals surface area contributed by atoms with E-state index in [1.807, 2.05) is 0 Å². The van der Waals surface area contributed by atoms with E-state index in [9.17, 15) is 22.8 Å². The molecule has 25 heavy (non-hydrogen) atoms. The molecule has 1 saturated heterocycles. The van der Waals surface area contributed by atoms with Gasteiger partial charge in [0.1, 0.15) is 5.56 Å². The monoisotopic (exact) mass is 351 g/mol. The van der Waals surface area contributed by atoms with Crippen LogP contribution in [0.1, 0.15) is 15.9 Å². The van der Waals surface area contributed by atoms with Gasteiger partial charge >= 0.3 is 6.18 Å². The second-order valence-corrected chi connectivity index (χ2v) is 5.74. The summed E-state index contributed by atoms with van der Waals surface area (Å²) in [5, 5.41) is 0. The number of hydrogen-bond donors (Lipinski definition) is 1. The lowest BCUT2D eigenvalue weighted by Crippen LogP contribution is -2.49.